The van der Waals surface area contributed by atoms with E-state index < -0.39 is 12.9 Å². The Hall–Kier alpha value is -3.71. The number of rotatable bonds is 3. The summed E-state index contributed by atoms with van der Waals surface area (Å²) in [6.07, 6.45) is -2.46. The Bertz CT molecular complexity index is 2070. The van der Waals surface area contributed by atoms with Gasteiger partial charge in [0.2, 0.25) is 0 Å². The van der Waals surface area contributed by atoms with Gasteiger partial charge in [0.1, 0.15) is 0 Å². The van der Waals surface area contributed by atoms with Crippen LogP contribution in [0.3, 0.4) is 0 Å². The third-order valence-electron chi connectivity index (χ3n) is 8.11. The van der Waals surface area contributed by atoms with Gasteiger partial charge in [-0.3, -0.25) is 0 Å². The maximum absolute atomic E-state index is 6.96. The molecule has 0 N–H and O–H groups in total. The van der Waals surface area contributed by atoms with Crippen LogP contribution in [-0.2, 0) is 23.6 Å². The van der Waals surface area contributed by atoms with Crippen molar-refractivity contribution in [3.05, 3.63) is 146 Å². The molecule has 0 amide bonds. The Morgan fingerprint density at radius 2 is 1.00 bits per heavy atom. The van der Waals surface area contributed by atoms with Gasteiger partial charge in [-0.25, -0.2) is 0 Å². The monoisotopic (exact) mass is 596 g/mol. The van der Waals surface area contributed by atoms with Gasteiger partial charge in [0.05, 0.1) is 17.6 Å². The second-order valence-electron chi connectivity index (χ2n) is 10.3. The molecular weight excluding hydrogens is 572 g/mol. The first-order valence-electron chi connectivity index (χ1n) is 13.6. The number of hydrogen-bond acceptors (Lipinski definition) is 2. The zero-order valence-corrected chi connectivity index (χ0v) is 25.4. The Morgan fingerprint density at radius 3 is 1.78 bits per heavy atom. The van der Waals surface area contributed by atoms with Crippen LogP contribution in [0.5, 0.6) is 0 Å². The van der Waals surface area contributed by atoms with Gasteiger partial charge in [-0.15, -0.1) is 0 Å². The molecule has 0 bridgehead atoms. The summed E-state index contributed by atoms with van der Waals surface area (Å²) in [7, 11) is 0. The number of fused-ring (bicyclic) bond motifs is 11. The number of nitrogens with zero attached hydrogens (tertiary/aromatic N) is 1. The van der Waals surface area contributed by atoms with E-state index >= 15 is 0 Å². The molecule has 0 fully saturated rings. The first kappa shape index (κ1) is 25.0. The highest BCUT2D eigenvalue weighted by Gasteiger charge is 2.46. The SMILES string of the molecule is S=[P+](c1ccccc1-c1ccccc1)c1cccc2c1-c1ccccc1N1c3ccccc3-c3ccccc3P21=S. The van der Waals surface area contributed by atoms with Crippen molar-refractivity contribution in [1.29, 1.82) is 0 Å². The molecule has 194 valence electrons. The van der Waals surface area contributed by atoms with E-state index in [1.54, 1.807) is 0 Å². The van der Waals surface area contributed by atoms with Crippen molar-refractivity contribution in [2.75, 3.05) is 4.67 Å². The van der Waals surface area contributed by atoms with E-state index in [2.05, 4.69) is 150 Å². The zero-order valence-electron chi connectivity index (χ0n) is 22.0. The van der Waals surface area contributed by atoms with E-state index in [0.29, 0.717) is 0 Å². The molecule has 1 nitrogen and oxygen atoms in total. The van der Waals surface area contributed by atoms with Crippen LogP contribution in [0.2, 0.25) is 0 Å². The van der Waals surface area contributed by atoms with Crippen molar-refractivity contribution < 1.29 is 0 Å². The average Bonchev–Trinajstić information content (AvgIpc) is 3.05. The van der Waals surface area contributed by atoms with Gasteiger partial charge < -0.3 is 4.67 Å². The quantitative estimate of drug-likeness (QED) is 0.189. The summed E-state index contributed by atoms with van der Waals surface area (Å²) in [4.78, 5) is 0. The summed E-state index contributed by atoms with van der Waals surface area (Å²) >= 11 is 13.5. The molecule has 0 radical (unpaired) electrons. The Labute approximate surface area is 251 Å². The van der Waals surface area contributed by atoms with Crippen LogP contribution in [0.25, 0.3) is 33.4 Å². The predicted octanol–water partition coefficient (Wildman–Crippen LogP) is 8.39. The van der Waals surface area contributed by atoms with Gasteiger partial charge in [-0.05, 0) is 41.5 Å². The molecule has 6 aromatic rings. The fraction of sp³-hybridized carbons (Fsp3) is 0. The van der Waals surface area contributed by atoms with Gasteiger partial charge in [0.25, 0.3) is 6.70 Å². The molecule has 0 spiro atoms. The fourth-order valence-corrected chi connectivity index (χ4v) is 13.7. The normalized spacial score (nSPS) is 16.5. The molecule has 2 aliphatic heterocycles. The lowest BCUT2D eigenvalue weighted by molar-refractivity contribution is 1.39. The third-order valence-corrected chi connectivity index (χ3v) is 15.7. The first-order chi connectivity index (χ1) is 20.2. The second kappa shape index (κ2) is 9.69. The number of benzene rings is 6. The van der Waals surface area contributed by atoms with Gasteiger partial charge >= 0.3 is 0 Å². The van der Waals surface area contributed by atoms with Crippen LogP contribution in [0, 0.1) is 0 Å². The molecule has 0 saturated heterocycles. The molecule has 6 aromatic carbocycles. The number of para-hydroxylation sites is 2. The zero-order chi connectivity index (χ0) is 27.6. The Balaban J connectivity index is 1.43. The van der Waals surface area contributed by atoms with Crippen molar-refractivity contribution in [2.24, 2.45) is 0 Å². The molecule has 0 saturated carbocycles. The lowest BCUT2D eigenvalue weighted by Gasteiger charge is -2.47. The Kier molecular flexibility index (Phi) is 5.92. The number of anilines is 2. The highest BCUT2D eigenvalue weighted by Crippen LogP contribution is 2.65. The van der Waals surface area contributed by atoms with E-state index in [9.17, 15) is 0 Å². The minimum Gasteiger partial charge on any atom is -0.304 e. The largest absolute Gasteiger partial charge is 0.304 e. The second-order valence-corrected chi connectivity index (χ2v) is 17.0. The molecule has 2 aliphatic rings. The molecule has 0 aliphatic carbocycles. The average molecular weight is 597 g/mol. The molecule has 0 aromatic heterocycles. The molecular formula is C36H24NP2S2+. The van der Waals surface area contributed by atoms with Crippen LogP contribution < -0.4 is 25.9 Å². The molecule has 5 heteroatoms. The molecule has 2 atom stereocenters. The smallest absolute Gasteiger partial charge is 0.251 e. The minimum absolute atomic E-state index is 1.08. The summed E-state index contributed by atoms with van der Waals surface area (Å²) in [6, 6.07) is 52.2. The maximum atomic E-state index is 6.96. The van der Waals surface area contributed by atoms with Crippen molar-refractivity contribution in [1.82, 2.24) is 0 Å². The minimum atomic E-state index is -2.46. The molecule has 2 heterocycles. The lowest BCUT2D eigenvalue weighted by Crippen LogP contribution is -2.38. The van der Waals surface area contributed by atoms with E-state index in [1.165, 1.54) is 66.0 Å². The van der Waals surface area contributed by atoms with Crippen LogP contribution in [-0.4, -0.2) is 0 Å². The summed E-state index contributed by atoms with van der Waals surface area (Å²) in [6.45, 7) is -1.08. The van der Waals surface area contributed by atoms with Gasteiger partial charge in [-0.2, -0.15) is 0 Å². The highest BCUT2D eigenvalue weighted by molar-refractivity contribution is 8.23. The molecule has 2 unspecified atom stereocenters. The molecule has 8 rings (SSSR count). The Morgan fingerprint density at radius 1 is 0.463 bits per heavy atom. The van der Waals surface area contributed by atoms with E-state index in [4.69, 9.17) is 23.6 Å². The van der Waals surface area contributed by atoms with Crippen molar-refractivity contribution in [2.45, 2.75) is 0 Å². The summed E-state index contributed by atoms with van der Waals surface area (Å²) in [5, 5.41) is 4.91. The van der Waals surface area contributed by atoms with Crippen LogP contribution in [0.1, 0.15) is 0 Å². The summed E-state index contributed by atoms with van der Waals surface area (Å²) in [5.41, 5.74) is 9.69. The summed E-state index contributed by atoms with van der Waals surface area (Å²) in [5.74, 6) is 0. The first-order valence-corrected chi connectivity index (χ1v) is 18.7. The van der Waals surface area contributed by atoms with Gasteiger partial charge in [0.15, 0.2) is 22.4 Å². The van der Waals surface area contributed by atoms with Crippen molar-refractivity contribution in [3.63, 3.8) is 0 Å². The maximum Gasteiger partial charge on any atom is 0.251 e. The lowest BCUT2D eigenvalue weighted by atomic mass is 10.00. The van der Waals surface area contributed by atoms with Gasteiger partial charge in [-0.1, -0.05) is 127 Å². The standard InChI is InChI=1S/C36H24NP2S2/c40-38(32-21-10-6-15-26(32)25-13-2-1-3-14-25)33-22-12-24-35-36(33)29-18-5-9-20-31(29)37-30-19-8-4-16-27(30)28-17-7-11-23-34(28)39(35,37)41/h1-24H/q+1. The predicted molar refractivity (Wildman–Crippen MR) is 185 cm³/mol. The fourth-order valence-electron chi connectivity index (χ4n) is 6.37. The molecule has 41 heavy (non-hydrogen) atoms. The topological polar surface area (TPSA) is 3.24 Å². The number of hydrogen-bond donors (Lipinski definition) is 0. The van der Waals surface area contributed by atoms with Crippen LogP contribution in [0.4, 0.5) is 11.4 Å². The van der Waals surface area contributed by atoms with Crippen LogP contribution in [0.15, 0.2) is 146 Å². The highest BCUT2D eigenvalue weighted by atomic mass is 32.4. The van der Waals surface area contributed by atoms with Gasteiger partial charge in [0, 0.05) is 32.9 Å². The van der Waals surface area contributed by atoms with Crippen molar-refractivity contribution >= 4 is 69.1 Å². The van der Waals surface area contributed by atoms with E-state index in [1.807, 2.05) is 0 Å². The van der Waals surface area contributed by atoms with E-state index in [0.717, 1.165) is 0 Å². The van der Waals surface area contributed by atoms with Crippen molar-refractivity contribution in [3.8, 4) is 33.4 Å². The third kappa shape index (κ3) is 3.64. The van der Waals surface area contributed by atoms with E-state index in [-0.39, 0.29) is 0 Å². The van der Waals surface area contributed by atoms with Crippen LogP contribution >= 0.6 is 12.9 Å². The summed E-state index contributed by atoms with van der Waals surface area (Å²) < 4.78 is 2.49.